The van der Waals surface area contributed by atoms with Gasteiger partial charge in [0.25, 0.3) is 0 Å². The first-order valence-corrected chi connectivity index (χ1v) is 7.03. The van der Waals surface area contributed by atoms with Crippen molar-refractivity contribution in [3.8, 4) is 5.75 Å². The Morgan fingerprint density at radius 2 is 1.90 bits per heavy atom. The first-order valence-electron chi connectivity index (χ1n) is 7.03. The van der Waals surface area contributed by atoms with Crippen LogP contribution in [0.2, 0.25) is 0 Å². The number of phenolic OH excluding ortho intramolecular Hbond substituents is 1. The highest BCUT2D eigenvalue weighted by Crippen LogP contribution is 2.59. The lowest BCUT2D eigenvalue weighted by Gasteiger charge is -2.06. The van der Waals surface area contributed by atoms with E-state index in [1.54, 1.807) is 12.1 Å². The van der Waals surface area contributed by atoms with Crippen molar-refractivity contribution in [1.82, 2.24) is 5.32 Å². The number of rotatable bonds is 4. The van der Waals surface area contributed by atoms with Crippen molar-refractivity contribution in [1.29, 1.82) is 0 Å². The molecule has 2 rings (SSSR count). The van der Waals surface area contributed by atoms with Crippen molar-refractivity contribution in [3.05, 3.63) is 41.5 Å². The summed E-state index contributed by atoms with van der Waals surface area (Å²) in [5.41, 5.74) is 2.31. The number of carbonyl (C=O) groups excluding carboxylic acids is 1. The predicted molar refractivity (Wildman–Crippen MR) is 80.1 cm³/mol. The van der Waals surface area contributed by atoms with Crippen molar-refractivity contribution >= 4 is 5.91 Å². The van der Waals surface area contributed by atoms with Crippen LogP contribution in [-0.2, 0) is 11.3 Å². The maximum absolute atomic E-state index is 12.3. The quantitative estimate of drug-likeness (QED) is 0.827. The standard InChI is InChI=1S/C17H23NO2/c1-11(2)9-14-15(17(14,3)4)16(20)18-10-12-5-7-13(19)8-6-12/h5-9,14-15,19H,10H2,1-4H3,(H,18,20)/t14-,15+/m1/s1. The Morgan fingerprint density at radius 1 is 1.30 bits per heavy atom. The molecule has 0 heterocycles. The Bertz CT molecular complexity index is 524. The summed E-state index contributed by atoms with van der Waals surface area (Å²) < 4.78 is 0. The fraction of sp³-hybridized carbons (Fsp3) is 0.471. The van der Waals surface area contributed by atoms with Gasteiger partial charge in [0.2, 0.25) is 5.91 Å². The number of phenols is 1. The van der Waals surface area contributed by atoms with E-state index in [-0.39, 0.29) is 23.0 Å². The largest absolute Gasteiger partial charge is 0.508 e. The zero-order valence-corrected chi connectivity index (χ0v) is 12.6. The highest BCUT2D eigenvalue weighted by atomic mass is 16.3. The number of allylic oxidation sites excluding steroid dienone is 2. The molecule has 1 aliphatic carbocycles. The molecule has 2 atom stereocenters. The second-order valence-corrected chi connectivity index (χ2v) is 6.45. The molecule has 1 amide bonds. The van der Waals surface area contributed by atoms with Gasteiger partial charge in [-0.2, -0.15) is 0 Å². The Balaban J connectivity index is 1.93. The van der Waals surface area contributed by atoms with Gasteiger partial charge in [0.15, 0.2) is 0 Å². The minimum Gasteiger partial charge on any atom is -0.508 e. The van der Waals surface area contributed by atoms with Crippen LogP contribution in [-0.4, -0.2) is 11.0 Å². The van der Waals surface area contributed by atoms with Crippen LogP contribution < -0.4 is 5.32 Å². The van der Waals surface area contributed by atoms with Crippen LogP contribution in [0.15, 0.2) is 35.9 Å². The first-order chi connectivity index (χ1) is 9.32. The summed E-state index contributed by atoms with van der Waals surface area (Å²) in [6.45, 7) is 8.93. The van der Waals surface area contributed by atoms with E-state index in [1.807, 2.05) is 12.1 Å². The maximum atomic E-state index is 12.3. The summed E-state index contributed by atoms with van der Waals surface area (Å²) in [6.07, 6.45) is 2.20. The van der Waals surface area contributed by atoms with Gasteiger partial charge >= 0.3 is 0 Å². The van der Waals surface area contributed by atoms with E-state index in [2.05, 4.69) is 39.1 Å². The third-order valence-corrected chi connectivity index (χ3v) is 4.11. The van der Waals surface area contributed by atoms with Crippen LogP contribution in [0.4, 0.5) is 0 Å². The second-order valence-electron chi connectivity index (χ2n) is 6.45. The van der Waals surface area contributed by atoms with Crippen LogP contribution in [0.5, 0.6) is 5.75 Å². The lowest BCUT2D eigenvalue weighted by Crippen LogP contribution is -2.26. The Labute approximate surface area is 120 Å². The van der Waals surface area contributed by atoms with E-state index in [9.17, 15) is 9.90 Å². The van der Waals surface area contributed by atoms with Gasteiger partial charge in [-0.3, -0.25) is 4.79 Å². The van der Waals surface area contributed by atoms with Gasteiger partial charge in [-0.1, -0.05) is 37.6 Å². The summed E-state index contributed by atoms with van der Waals surface area (Å²) in [4.78, 5) is 12.3. The summed E-state index contributed by atoms with van der Waals surface area (Å²) in [6, 6.07) is 6.91. The Hall–Kier alpha value is -1.77. The summed E-state index contributed by atoms with van der Waals surface area (Å²) in [5, 5.41) is 12.2. The monoisotopic (exact) mass is 273 g/mol. The van der Waals surface area contributed by atoms with Crippen molar-refractivity contribution in [2.24, 2.45) is 17.3 Å². The summed E-state index contributed by atoms with van der Waals surface area (Å²) >= 11 is 0. The molecule has 0 aromatic heterocycles. The normalized spacial score (nSPS) is 23.0. The molecule has 1 fully saturated rings. The lowest BCUT2D eigenvalue weighted by atomic mass is 10.1. The molecular weight excluding hydrogens is 250 g/mol. The van der Waals surface area contributed by atoms with Crippen LogP contribution in [0.25, 0.3) is 0 Å². The van der Waals surface area contributed by atoms with Gasteiger partial charge in [0.1, 0.15) is 5.75 Å². The highest BCUT2D eigenvalue weighted by molar-refractivity contribution is 5.83. The zero-order chi connectivity index (χ0) is 14.9. The molecule has 1 aliphatic rings. The Morgan fingerprint density at radius 3 is 2.45 bits per heavy atom. The number of carbonyl (C=O) groups is 1. The third kappa shape index (κ3) is 3.03. The first kappa shape index (κ1) is 14.6. The molecule has 0 saturated heterocycles. The third-order valence-electron chi connectivity index (χ3n) is 4.11. The number of hydrogen-bond acceptors (Lipinski definition) is 2. The van der Waals surface area contributed by atoms with E-state index in [0.29, 0.717) is 12.5 Å². The molecule has 20 heavy (non-hydrogen) atoms. The fourth-order valence-corrected chi connectivity index (χ4v) is 2.76. The van der Waals surface area contributed by atoms with Crippen molar-refractivity contribution in [2.75, 3.05) is 0 Å². The molecule has 1 saturated carbocycles. The van der Waals surface area contributed by atoms with Gasteiger partial charge in [-0.05, 0) is 42.9 Å². The molecule has 0 aliphatic heterocycles. The van der Waals surface area contributed by atoms with Crippen LogP contribution >= 0.6 is 0 Å². The molecule has 3 nitrogen and oxygen atoms in total. The van der Waals surface area contributed by atoms with Crippen molar-refractivity contribution in [2.45, 2.75) is 34.2 Å². The molecule has 0 radical (unpaired) electrons. The minimum absolute atomic E-state index is 0.0519. The SMILES string of the molecule is CC(C)=C[C@@H]1[C@@H](C(=O)NCc2ccc(O)cc2)C1(C)C. The Kier molecular flexibility index (Phi) is 3.89. The number of aromatic hydroxyl groups is 1. The second kappa shape index (κ2) is 5.31. The lowest BCUT2D eigenvalue weighted by molar-refractivity contribution is -0.123. The average molecular weight is 273 g/mol. The van der Waals surface area contributed by atoms with E-state index in [4.69, 9.17) is 0 Å². The predicted octanol–water partition coefficient (Wildman–Crippen LogP) is 3.25. The van der Waals surface area contributed by atoms with E-state index < -0.39 is 0 Å². The van der Waals surface area contributed by atoms with Crippen LogP contribution in [0.3, 0.4) is 0 Å². The van der Waals surface area contributed by atoms with Crippen molar-refractivity contribution < 1.29 is 9.90 Å². The molecule has 108 valence electrons. The van der Waals surface area contributed by atoms with Gasteiger partial charge in [0, 0.05) is 6.54 Å². The molecule has 0 spiro atoms. The number of benzene rings is 1. The molecule has 1 aromatic rings. The molecule has 3 heteroatoms. The molecule has 0 bridgehead atoms. The maximum Gasteiger partial charge on any atom is 0.224 e. The summed E-state index contributed by atoms with van der Waals surface area (Å²) in [5.74, 6) is 0.763. The zero-order valence-electron chi connectivity index (χ0n) is 12.6. The van der Waals surface area contributed by atoms with Gasteiger partial charge in [-0.15, -0.1) is 0 Å². The number of hydrogen-bond donors (Lipinski definition) is 2. The molecule has 2 N–H and O–H groups in total. The van der Waals surface area contributed by atoms with Gasteiger partial charge in [0.05, 0.1) is 5.92 Å². The summed E-state index contributed by atoms with van der Waals surface area (Å²) in [7, 11) is 0. The number of amides is 1. The smallest absolute Gasteiger partial charge is 0.224 e. The highest BCUT2D eigenvalue weighted by Gasteiger charge is 2.60. The van der Waals surface area contributed by atoms with E-state index in [0.717, 1.165) is 5.56 Å². The van der Waals surface area contributed by atoms with E-state index in [1.165, 1.54) is 5.57 Å². The fourth-order valence-electron chi connectivity index (χ4n) is 2.76. The molecular formula is C17H23NO2. The van der Waals surface area contributed by atoms with Crippen LogP contribution in [0.1, 0.15) is 33.3 Å². The topological polar surface area (TPSA) is 49.3 Å². The van der Waals surface area contributed by atoms with Gasteiger partial charge < -0.3 is 10.4 Å². The molecule has 0 unspecified atom stereocenters. The van der Waals surface area contributed by atoms with E-state index >= 15 is 0 Å². The average Bonchev–Trinajstić information content (AvgIpc) is 2.89. The van der Waals surface area contributed by atoms with Crippen LogP contribution in [0, 0.1) is 17.3 Å². The van der Waals surface area contributed by atoms with Gasteiger partial charge in [-0.25, -0.2) is 0 Å². The minimum atomic E-state index is 0.0519. The van der Waals surface area contributed by atoms with Crippen molar-refractivity contribution in [3.63, 3.8) is 0 Å². The number of nitrogens with one attached hydrogen (secondary N) is 1. The molecule has 1 aromatic carbocycles.